The molecule has 1 aliphatic heterocycles. The Kier molecular flexibility index (Phi) is 2.04. The predicted octanol–water partition coefficient (Wildman–Crippen LogP) is 2.63. The van der Waals surface area contributed by atoms with E-state index in [1.165, 1.54) is 18.4 Å². The Balaban J connectivity index is 2.93. The van der Waals surface area contributed by atoms with Gasteiger partial charge < -0.3 is 0 Å². The normalized spacial score (nSPS) is 17.4. The average molecular weight is 142 g/mol. The Morgan fingerprint density at radius 3 is 2.80 bits per heavy atom. The highest BCUT2D eigenvalue weighted by Gasteiger charge is 1.99. The lowest BCUT2D eigenvalue weighted by Gasteiger charge is -1.87. The van der Waals surface area contributed by atoms with Crippen LogP contribution < -0.4 is 0 Å². The van der Waals surface area contributed by atoms with Crippen molar-refractivity contribution in [1.29, 1.82) is 0 Å². The number of hydrogen-bond donors (Lipinski definition) is 0. The largest absolute Gasteiger partial charge is 0.268 e. The van der Waals surface area contributed by atoms with Crippen molar-refractivity contribution in [1.82, 2.24) is 0 Å². The van der Waals surface area contributed by atoms with Gasteiger partial charge in [-0.15, -0.1) is 5.11 Å². The molecule has 0 N–H and O–H groups in total. The second-order valence-corrected chi connectivity index (χ2v) is 1.55. The van der Waals surface area contributed by atoms with Crippen molar-refractivity contribution in [3.8, 4) is 0 Å². The molecule has 0 unspecified atom stereocenters. The quantitative estimate of drug-likeness (QED) is 0.464. The molecule has 0 saturated heterocycles. The highest BCUT2D eigenvalue weighted by atomic mass is 19.2. The van der Waals surface area contributed by atoms with Crippen LogP contribution in [0.4, 0.5) is 8.78 Å². The molecule has 0 aromatic heterocycles. The number of rotatable bonds is 0. The van der Waals surface area contributed by atoms with Crippen LogP contribution in [-0.4, -0.2) is 0 Å². The van der Waals surface area contributed by atoms with Gasteiger partial charge in [-0.1, -0.05) is 6.08 Å². The monoisotopic (exact) mass is 142 g/mol. The van der Waals surface area contributed by atoms with E-state index in [9.17, 15) is 8.78 Å². The molecule has 0 spiro atoms. The van der Waals surface area contributed by atoms with E-state index in [-0.39, 0.29) is 0 Å². The Morgan fingerprint density at radius 1 is 1.20 bits per heavy atom. The summed E-state index contributed by atoms with van der Waals surface area (Å²) in [5.41, 5.74) is 0. The zero-order valence-corrected chi connectivity index (χ0v) is 4.96. The summed E-state index contributed by atoms with van der Waals surface area (Å²) in [6.07, 6.45) is 5.04. The fourth-order valence-electron chi connectivity index (χ4n) is 0.429. The summed E-state index contributed by atoms with van der Waals surface area (Å²) in [5.74, 6) is -2.20. The van der Waals surface area contributed by atoms with E-state index in [2.05, 4.69) is 10.2 Å². The van der Waals surface area contributed by atoms with Gasteiger partial charge in [-0.2, -0.15) is 9.50 Å². The molecule has 0 bridgehead atoms. The number of halogens is 2. The lowest BCUT2D eigenvalue weighted by atomic mass is 10.4. The molecule has 0 radical (unpaired) electrons. The topological polar surface area (TPSA) is 24.7 Å². The molecule has 0 amide bonds. The van der Waals surface area contributed by atoms with Crippen LogP contribution in [0.5, 0.6) is 0 Å². The van der Waals surface area contributed by atoms with E-state index in [1.54, 1.807) is 0 Å². The summed E-state index contributed by atoms with van der Waals surface area (Å²) in [4.78, 5) is 0. The zero-order chi connectivity index (χ0) is 7.40. The van der Waals surface area contributed by atoms with Crippen LogP contribution in [0.15, 0.2) is 46.4 Å². The van der Waals surface area contributed by atoms with E-state index in [1.807, 2.05) is 0 Å². The maximum absolute atomic E-state index is 12.2. The summed E-state index contributed by atoms with van der Waals surface area (Å²) in [7, 11) is 0. The molecule has 2 nitrogen and oxygen atoms in total. The molecular formula is C6H4F2N2. The number of nitrogens with zero attached hydrogens (tertiary/aromatic N) is 2. The van der Waals surface area contributed by atoms with Crippen molar-refractivity contribution in [3.63, 3.8) is 0 Å². The third-order valence-electron chi connectivity index (χ3n) is 0.849. The standard InChI is InChI=1S/C6H4F2N2/c7-5-3-1-2-4-9-10-6(5)8/h1-4H. The molecule has 52 valence electrons. The fourth-order valence-corrected chi connectivity index (χ4v) is 0.429. The Hall–Kier alpha value is -1.32. The van der Waals surface area contributed by atoms with E-state index < -0.39 is 11.8 Å². The number of allylic oxidation sites excluding steroid dienone is 4. The molecule has 0 aromatic carbocycles. The third-order valence-corrected chi connectivity index (χ3v) is 0.849. The molecular weight excluding hydrogens is 138 g/mol. The van der Waals surface area contributed by atoms with Crippen LogP contribution in [-0.2, 0) is 0 Å². The third kappa shape index (κ3) is 1.58. The van der Waals surface area contributed by atoms with Crippen molar-refractivity contribution in [2.75, 3.05) is 0 Å². The maximum atomic E-state index is 12.2. The molecule has 4 heteroatoms. The van der Waals surface area contributed by atoms with Crippen LogP contribution in [0, 0.1) is 0 Å². The summed E-state index contributed by atoms with van der Waals surface area (Å²) in [5, 5.41) is 6.07. The van der Waals surface area contributed by atoms with Crippen molar-refractivity contribution < 1.29 is 8.78 Å². The average Bonchev–Trinajstić information content (AvgIpc) is 1.92. The van der Waals surface area contributed by atoms with Crippen LogP contribution in [0.25, 0.3) is 0 Å². The van der Waals surface area contributed by atoms with E-state index in [0.717, 1.165) is 6.08 Å². The van der Waals surface area contributed by atoms with E-state index in [0.29, 0.717) is 0 Å². The van der Waals surface area contributed by atoms with Crippen molar-refractivity contribution in [2.45, 2.75) is 0 Å². The molecule has 0 fully saturated rings. The minimum atomic E-state index is -1.19. The first-order chi connectivity index (χ1) is 4.80. The molecule has 0 atom stereocenters. The molecule has 0 aromatic rings. The van der Waals surface area contributed by atoms with Crippen LogP contribution in [0.1, 0.15) is 0 Å². The van der Waals surface area contributed by atoms with Crippen LogP contribution in [0.3, 0.4) is 0 Å². The Labute approximate surface area is 56.3 Å². The molecule has 1 aliphatic rings. The van der Waals surface area contributed by atoms with E-state index in [4.69, 9.17) is 0 Å². The zero-order valence-electron chi connectivity index (χ0n) is 4.96. The molecule has 1 heterocycles. The van der Waals surface area contributed by atoms with Gasteiger partial charge in [0.15, 0.2) is 5.83 Å². The second-order valence-electron chi connectivity index (χ2n) is 1.55. The molecule has 0 aliphatic carbocycles. The lowest BCUT2D eigenvalue weighted by Crippen LogP contribution is -1.72. The molecule has 10 heavy (non-hydrogen) atoms. The van der Waals surface area contributed by atoms with Gasteiger partial charge in [0.2, 0.25) is 0 Å². The van der Waals surface area contributed by atoms with Gasteiger partial charge in [0.25, 0.3) is 5.95 Å². The summed E-state index contributed by atoms with van der Waals surface area (Å²) >= 11 is 0. The first kappa shape index (κ1) is 6.80. The second kappa shape index (κ2) is 3.00. The van der Waals surface area contributed by atoms with Gasteiger partial charge in [-0.3, -0.25) is 0 Å². The highest BCUT2D eigenvalue weighted by molar-refractivity contribution is 5.19. The van der Waals surface area contributed by atoms with Crippen molar-refractivity contribution >= 4 is 0 Å². The van der Waals surface area contributed by atoms with Gasteiger partial charge >= 0.3 is 0 Å². The van der Waals surface area contributed by atoms with Crippen molar-refractivity contribution in [3.05, 3.63) is 36.2 Å². The minimum Gasteiger partial charge on any atom is -0.202 e. The fraction of sp³-hybridized carbons (Fsp3) is 0. The molecule has 1 rings (SSSR count). The first-order valence-electron chi connectivity index (χ1n) is 2.60. The maximum Gasteiger partial charge on any atom is 0.268 e. The Morgan fingerprint density at radius 2 is 2.00 bits per heavy atom. The summed E-state index contributed by atoms with van der Waals surface area (Å²) in [6.45, 7) is 0. The van der Waals surface area contributed by atoms with Crippen LogP contribution >= 0.6 is 0 Å². The summed E-state index contributed by atoms with van der Waals surface area (Å²) in [6, 6.07) is 0. The Bertz CT molecular complexity index is 214. The van der Waals surface area contributed by atoms with Gasteiger partial charge in [-0.05, 0) is 12.2 Å². The number of azo groups is 1. The van der Waals surface area contributed by atoms with Gasteiger partial charge in [-0.25, -0.2) is 4.39 Å². The summed E-state index contributed by atoms with van der Waals surface area (Å²) < 4.78 is 24.4. The van der Waals surface area contributed by atoms with Crippen LogP contribution in [0.2, 0.25) is 0 Å². The lowest BCUT2D eigenvalue weighted by molar-refractivity contribution is 0.538. The minimum absolute atomic E-state index is 0.976. The predicted molar refractivity (Wildman–Crippen MR) is 32.4 cm³/mol. The number of hydrogen-bond acceptors (Lipinski definition) is 2. The molecule has 0 saturated carbocycles. The van der Waals surface area contributed by atoms with Gasteiger partial charge in [0.1, 0.15) is 0 Å². The first-order valence-corrected chi connectivity index (χ1v) is 2.60. The smallest absolute Gasteiger partial charge is 0.202 e. The highest BCUT2D eigenvalue weighted by Crippen LogP contribution is 2.12. The van der Waals surface area contributed by atoms with E-state index >= 15 is 0 Å². The van der Waals surface area contributed by atoms with Gasteiger partial charge in [0, 0.05) is 6.20 Å². The SMILES string of the molecule is FC1=C(F)N=NC=CC=C1. The van der Waals surface area contributed by atoms with Gasteiger partial charge in [0.05, 0.1) is 0 Å². The van der Waals surface area contributed by atoms with Crippen molar-refractivity contribution in [2.24, 2.45) is 10.2 Å².